The number of nitrogens with zero attached hydrogens (tertiary/aromatic N) is 1. The number of nitrogens with one attached hydrogen (secondary N) is 1. The highest BCUT2D eigenvalue weighted by Gasteiger charge is 2.11. The van der Waals surface area contributed by atoms with Crippen molar-refractivity contribution in [1.29, 1.82) is 0 Å². The van der Waals surface area contributed by atoms with Crippen LogP contribution in [0.4, 0.5) is 5.69 Å². The molecule has 1 N–H and O–H groups in total. The number of carbonyl (C=O) groups is 2. The summed E-state index contributed by atoms with van der Waals surface area (Å²) >= 11 is 0. The summed E-state index contributed by atoms with van der Waals surface area (Å²) in [5.41, 5.74) is 1.18. The van der Waals surface area contributed by atoms with Crippen LogP contribution in [-0.4, -0.2) is 24.0 Å². The third-order valence-corrected chi connectivity index (χ3v) is 2.80. The molecule has 0 bridgehead atoms. The number of benzene rings is 1. The topological polar surface area (TPSA) is 91.3 Å². The van der Waals surface area contributed by atoms with E-state index in [1.807, 2.05) is 0 Å². The molecule has 0 fully saturated rings. The summed E-state index contributed by atoms with van der Waals surface area (Å²) in [7, 11) is 1.50. The number of ether oxygens (including phenoxy) is 1. The molecule has 0 atom stereocenters. The van der Waals surface area contributed by atoms with E-state index in [9.17, 15) is 14.7 Å². The number of rotatable bonds is 5. The molecule has 0 aliphatic rings. The van der Waals surface area contributed by atoms with Gasteiger partial charge in [-0.3, -0.25) is 4.79 Å². The van der Waals surface area contributed by atoms with Crippen molar-refractivity contribution in [3.05, 3.63) is 53.7 Å². The van der Waals surface area contributed by atoms with Crippen molar-refractivity contribution < 1.29 is 19.4 Å². The van der Waals surface area contributed by atoms with Crippen LogP contribution in [0.5, 0.6) is 5.88 Å². The Morgan fingerprint density at radius 1 is 1.24 bits per heavy atom. The maximum absolute atomic E-state index is 12.2. The Balaban J connectivity index is 2.17. The normalized spacial score (nSPS) is 9.95. The van der Waals surface area contributed by atoms with Crippen molar-refractivity contribution in [2.45, 2.75) is 6.42 Å². The van der Waals surface area contributed by atoms with Crippen LogP contribution in [-0.2, 0) is 11.2 Å². The Labute approximate surface area is 121 Å². The number of hydrogen-bond donors (Lipinski definition) is 1. The van der Waals surface area contributed by atoms with E-state index in [4.69, 9.17) is 4.74 Å². The zero-order valence-electron chi connectivity index (χ0n) is 11.3. The number of carboxylic acids is 1. The quantitative estimate of drug-likeness (QED) is 0.870. The first kappa shape index (κ1) is 14.5. The van der Waals surface area contributed by atoms with Gasteiger partial charge in [-0.05, 0) is 17.7 Å². The van der Waals surface area contributed by atoms with Gasteiger partial charge in [0.25, 0.3) is 5.91 Å². The molecule has 0 saturated heterocycles. The smallest absolute Gasteiger partial charge is 0.255 e. The summed E-state index contributed by atoms with van der Waals surface area (Å²) in [6, 6.07) is 9.74. The first-order valence-electron chi connectivity index (χ1n) is 6.19. The van der Waals surface area contributed by atoms with E-state index in [0.717, 1.165) is 0 Å². The monoisotopic (exact) mass is 285 g/mol. The fourth-order valence-electron chi connectivity index (χ4n) is 1.82. The number of hydrogen-bond acceptors (Lipinski definition) is 5. The van der Waals surface area contributed by atoms with E-state index in [1.54, 1.807) is 36.4 Å². The molecule has 0 unspecified atom stereocenters. The van der Waals surface area contributed by atoms with Gasteiger partial charge in [0.15, 0.2) is 0 Å². The molecule has 1 heterocycles. The number of pyridine rings is 1. The second-order valence-corrected chi connectivity index (χ2v) is 4.25. The van der Waals surface area contributed by atoms with Gasteiger partial charge in [0.2, 0.25) is 5.88 Å². The van der Waals surface area contributed by atoms with Crippen molar-refractivity contribution in [1.82, 2.24) is 4.98 Å². The second-order valence-electron chi connectivity index (χ2n) is 4.25. The summed E-state index contributed by atoms with van der Waals surface area (Å²) in [5.74, 6) is -1.20. The molecule has 1 aromatic carbocycles. The maximum Gasteiger partial charge on any atom is 0.255 e. The Morgan fingerprint density at radius 3 is 2.62 bits per heavy atom. The fraction of sp³-hybridized carbons (Fsp3) is 0.133. The molecule has 2 rings (SSSR count). The largest absolute Gasteiger partial charge is 0.550 e. The fourth-order valence-corrected chi connectivity index (χ4v) is 1.82. The average Bonchev–Trinajstić information content (AvgIpc) is 2.48. The molecule has 108 valence electrons. The number of methoxy groups -OCH3 is 1. The minimum Gasteiger partial charge on any atom is -0.550 e. The summed E-state index contributed by atoms with van der Waals surface area (Å²) in [4.78, 5) is 26.9. The van der Waals surface area contributed by atoms with Gasteiger partial charge >= 0.3 is 0 Å². The predicted molar refractivity (Wildman–Crippen MR) is 73.9 cm³/mol. The minimum absolute atomic E-state index is 0.289. The van der Waals surface area contributed by atoms with Gasteiger partial charge in [-0.1, -0.05) is 18.2 Å². The Morgan fingerprint density at radius 2 is 2.00 bits per heavy atom. The maximum atomic E-state index is 12.2. The van der Waals surface area contributed by atoms with Crippen molar-refractivity contribution in [3.8, 4) is 5.88 Å². The average molecular weight is 285 g/mol. The number of aliphatic carboxylic acids is 1. The van der Waals surface area contributed by atoms with Crippen LogP contribution in [0.3, 0.4) is 0 Å². The molecular formula is C15H13N2O4-. The highest BCUT2D eigenvalue weighted by atomic mass is 16.5. The number of aromatic nitrogens is 1. The van der Waals surface area contributed by atoms with Crippen LogP contribution in [0.1, 0.15) is 15.9 Å². The molecule has 1 aromatic heterocycles. The molecule has 0 spiro atoms. The Kier molecular flexibility index (Phi) is 4.50. The molecule has 0 radical (unpaired) electrons. The van der Waals surface area contributed by atoms with E-state index in [-0.39, 0.29) is 12.0 Å². The first-order valence-corrected chi connectivity index (χ1v) is 6.19. The molecule has 0 saturated carbocycles. The SMILES string of the molecule is COc1ccc(NC(=O)c2ccccc2CC(=O)[O-])cn1. The van der Waals surface area contributed by atoms with E-state index >= 15 is 0 Å². The van der Waals surface area contributed by atoms with Crippen LogP contribution in [0.15, 0.2) is 42.6 Å². The molecule has 0 aliphatic heterocycles. The zero-order chi connectivity index (χ0) is 15.2. The van der Waals surface area contributed by atoms with Crippen LogP contribution >= 0.6 is 0 Å². The minimum atomic E-state index is -1.23. The van der Waals surface area contributed by atoms with Gasteiger partial charge in [0, 0.05) is 24.0 Å². The molecular weight excluding hydrogens is 272 g/mol. The van der Waals surface area contributed by atoms with E-state index in [0.29, 0.717) is 17.1 Å². The van der Waals surface area contributed by atoms with E-state index in [2.05, 4.69) is 10.3 Å². The van der Waals surface area contributed by atoms with Crippen molar-refractivity contribution in [3.63, 3.8) is 0 Å². The Hall–Kier alpha value is -2.89. The standard InChI is InChI=1S/C15H14N2O4/c1-21-13-7-6-11(9-16-13)17-15(20)12-5-3-2-4-10(12)8-14(18)19/h2-7,9H,8H2,1H3,(H,17,20)(H,18,19)/p-1. The van der Waals surface area contributed by atoms with Crippen LogP contribution in [0.2, 0.25) is 0 Å². The van der Waals surface area contributed by atoms with Gasteiger partial charge in [-0.15, -0.1) is 0 Å². The Bertz CT molecular complexity index is 653. The number of carboxylic acid groups (broad SMARTS) is 1. The molecule has 6 heteroatoms. The lowest BCUT2D eigenvalue weighted by Crippen LogP contribution is -2.26. The lowest BCUT2D eigenvalue weighted by Gasteiger charge is -2.10. The summed E-state index contributed by atoms with van der Waals surface area (Å²) in [6.45, 7) is 0. The highest BCUT2D eigenvalue weighted by Crippen LogP contribution is 2.15. The summed E-state index contributed by atoms with van der Waals surface area (Å²) < 4.78 is 4.93. The number of carbonyl (C=O) groups excluding carboxylic acids is 2. The molecule has 21 heavy (non-hydrogen) atoms. The van der Waals surface area contributed by atoms with Crippen molar-refractivity contribution in [2.75, 3.05) is 12.4 Å². The van der Waals surface area contributed by atoms with Crippen LogP contribution in [0, 0.1) is 0 Å². The number of amides is 1. The predicted octanol–water partition coefficient (Wildman–Crippen LogP) is 0.635. The lowest BCUT2D eigenvalue weighted by molar-refractivity contribution is -0.304. The highest BCUT2D eigenvalue weighted by molar-refractivity contribution is 6.05. The van der Waals surface area contributed by atoms with Crippen molar-refractivity contribution >= 4 is 17.6 Å². The molecule has 0 aliphatic carbocycles. The first-order chi connectivity index (χ1) is 10.1. The third kappa shape index (κ3) is 3.79. The van der Waals surface area contributed by atoms with Gasteiger partial charge < -0.3 is 20.0 Å². The van der Waals surface area contributed by atoms with E-state index < -0.39 is 11.9 Å². The van der Waals surface area contributed by atoms with Gasteiger partial charge in [0.05, 0.1) is 19.0 Å². The van der Waals surface area contributed by atoms with E-state index in [1.165, 1.54) is 13.3 Å². The molecule has 6 nitrogen and oxygen atoms in total. The lowest BCUT2D eigenvalue weighted by atomic mass is 10.0. The third-order valence-electron chi connectivity index (χ3n) is 2.80. The number of anilines is 1. The van der Waals surface area contributed by atoms with Gasteiger partial charge in [0.1, 0.15) is 0 Å². The van der Waals surface area contributed by atoms with Gasteiger partial charge in [-0.2, -0.15) is 0 Å². The van der Waals surface area contributed by atoms with Crippen molar-refractivity contribution in [2.24, 2.45) is 0 Å². The molecule has 1 amide bonds. The van der Waals surface area contributed by atoms with Crippen LogP contribution in [0.25, 0.3) is 0 Å². The zero-order valence-corrected chi connectivity index (χ0v) is 11.3. The summed E-state index contributed by atoms with van der Waals surface area (Å²) in [5, 5.41) is 13.4. The molecule has 2 aromatic rings. The van der Waals surface area contributed by atoms with Gasteiger partial charge in [-0.25, -0.2) is 4.98 Å². The summed E-state index contributed by atoms with van der Waals surface area (Å²) in [6.07, 6.45) is 1.14. The van der Waals surface area contributed by atoms with Crippen LogP contribution < -0.4 is 15.2 Å². The second kappa shape index (κ2) is 6.51.